The first-order valence-electron chi connectivity index (χ1n) is 8.07. The monoisotopic (exact) mass is 353 g/mol. The zero-order valence-corrected chi connectivity index (χ0v) is 14.2. The fourth-order valence-corrected chi connectivity index (χ4v) is 4.46. The second kappa shape index (κ2) is 6.57. The first kappa shape index (κ1) is 15.2. The first-order chi connectivity index (χ1) is 10.2. The number of phenols is 1. The Labute approximate surface area is 135 Å². The fourth-order valence-electron chi connectivity index (χ4n) is 3.97. The van der Waals surface area contributed by atoms with Crippen LogP contribution in [0.3, 0.4) is 0 Å². The Hall–Kier alpha value is -0.740. The molecule has 21 heavy (non-hydrogen) atoms. The molecule has 3 rings (SSSR count). The van der Waals surface area contributed by atoms with Gasteiger partial charge in [-0.25, -0.2) is 0 Å². The molecule has 1 saturated carbocycles. The van der Waals surface area contributed by atoms with E-state index < -0.39 is 0 Å². The van der Waals surface area contributed by atoms with Crippen LogP contribution in [0.2, 0.25) is 0 Å². The van der Waals surface area contributed by atoms with Gasteiger partial charge < -0.3 is 9.84 Å². The molecule has 2 aliphatic rings. The number of hydrogen-bond acceptors (Lipinski definition) is 3. The standard InChI is InChI=1S/C17H24BrNO2/c1-2-21-16-10-12(9-14(18)17(16)20)11-19-8-4-6-13-5-3-7-15(13)19/h9-10,13,15,20H,2-8,11H2,1H3. The smallest absolute Gasteiger partial charge is 0.172 e. The fraction of sp³-hybridized carbons (Fsp3) is 0.647. The molecule has 1 aromatic rings. The zero-order valence-electron chi connectivity index (χ0n) is 12.6. The van der Waals surface area contributed by atoms with Crippen LogP contribution in [0.15, 0.2) is 16.6 Å². The predicted octanol–water partition coefficient (Wildman–Crippen LogP) is 4.32. The lowest BCUT2D eigenvalue weighted by Gasteiger charge is -2.37. The lowest BCUT2D eigenvalue weighted by atomic mass is 9.91. The molecule has 0 aromatic heterocycles. The quantitative estimate of drug-likeness (QED) is 0.874. The maximum absolute atomic E-state index is 10.0. The molecule has 0 bridgehead atoms. The van der Waals surface area contributed by atoms with Crippen LogP contribution in [0.1, 0.15) is 44.6 Å². The third kappa shape index (κ3) is 3.21. The second-order valence-corrected chi connectivity index (χ2v) is 7.08. The highest BCUT2D eigenvalue weighted by molar-refractivity contribution is 9.10. The number of hydrogen-bond donors (Lipinski definition) is 1. The molecule has 0 amide bonds. The van der Waals surface area contributed by atoms with Gasteiger partial charge >= 0.3 is 0 Å². The van der Waals surface area contributed by atoms with E-state index in [2.05, 4.69) is 20.8 Å². The summed E-state index contributed by atoms with van der Waals surface area (Å²) < 4.78 is 6.26. The summed E-state index contributed by atoms with van der Waals surface area (Å²) in [6.45, 7) is 4.66. The van der Waals surface area contributed by atoms with Gasteiger partial charge in [-0.2, -0.15) is 0 Å². The Bertz CT molecular complexity index is 506. The van der Waals surface area contributed by atoms with Gasteiger partial charge in [-0.3, -0.25) is 4.90 Å². The number of ether oxygens (including phenoxy) is 1. The normalized spacial score (nSPS) is 25.8. The Kier molecular flexibility index (Phi) is 4.75. The molecule has 2 fully saturated rings. The second-order valence-electron chi connectivity index (χ2n) is 6.23. The summed E-state index contributed by atoms with van der Waals surface area (Å²) in [5, 5.41) is 10.0. The number of benzene rings is 1. The van der Waals surface area contributed by atoms with Gasteiger partial charge in [-0.05, 0) is 78.7 Å². The van der Waals surface area contributed by atoms with Gasteiger partial charge in [0, 0.05) is 12.6 Å². The van der Waals surface area contributed by atoms with Crippen molar-refractivity contribution in [3.05, 3.63) is 22.2 Å². The predicted molar refractivity (Wildman–Crippen MR) is 87.7 cm³/mol. The lowest BCUT2D eigenvalue weighted by Crippen LogP contribution is -2.41. The van der Waals surface area contributed by atoms with Crippen molar-refractivity contribution in [2.24, 2.45) is 5.92 Å². The van der Waals surface area contributed by atoms with Crippen LogP contribution in [0.4, 0.5) is 0 Å². The summed E-state index contributed by atoms with van der Waals surface area (Å²) in [6, 6.07) is 4.78. The molecule has 2 unspecified atom stereocenters. The van der Waals surface area contributed by atoms with E-state index in [4.69, 9.17) is 4.74 Å². The molecule has 1 N–H and O–H groups in total. The van der Waals surface area contributed by atoms with E-state index >= 15 is 0 Å². The van der Waals surface area contributed by atoms with Gasteiger partial charge in [0.2, 0.25) is 0 Å². The van der Waals surface area contributed by atoms with Crippen LogP contribution in [0, 0.1) is 5.92 Å². The van der Waals surface area contributed by atoms with Crippen molar-refractivity contribution in [3.8, 4) is 11.5 Å². The number of aromatic hydroxyl groups is 1. The van der Waals surface area contributed by atoms with E-state index in [0.29, 0.717) is 12.4 Å². The average molecular weight is 354 g/mol. The van der Waals surface area contributed by atoms with Gasteiger partial charge in [0.15, 0.2) is 11.5 Å². The van der Waals surface area contributed by atoms with Gasteiger partial charge in [-0.1, -0.05) is 6.42 Å². The molecule has 1 aromatic carbocycles. The zero-order chi connectivity index (χ0) is 14.8. The van der Waals surface area contributed by atoms with Crippen molar-refractivity contribution in [1.82, 2.24) is 4.90 Å². The summed E-state index contributed by atoms with van der Waals surface area (Å²) >= 11 is 3.44. The molecule has 4 heteroatoms. The van der Waals surface area contributed by atoms with Gasteiger partial charge in [-0.15, -0.1) is 0 Å². The maximum atomic E-state index is 10.0. The van der Waals surface area contributed by atoms with E-state index in [9.17, 15) is 5.11 Å². The summed E-state index contributed by atoms with van der Waals surface area (Å²) in [5.74, 6) is 1.70. The highest BCUT2D eigenvalue weighted by Gasteiger charge is 2.34. The van der Waals surface area contributed by atoms with E-state index in [1.165, 1.54) is 44.2 Å². The minimum absolute atomic E-state index is 0.206. The van der Waals surface area contributed by atoms with Crippen molar-refractivity contribution in [3.63, 3.8) is 0 Å². The van der Waals surface area contributed by atoms with Crippen molar-refractivity contribution in [1.29, 1.82) is 0 Å². The highest BCUT2D eigenvalue weighted by Crippen LogP contribution is 2.39. The Morgan fingerprint density at radius 1 is 1.29 bits per heavy atom. The number of fused-ring (bicyclic) bond motifs is 1. The molecule has 0 spiro atoms. The molecule has 1 heterocycles. The topological polar surface area (TPSA) is 32.7 Å². The summed E-state index contributed by atoms with van der Waals surface area (Å²) in [6.07, 6.45) is 6.87. The van der Waals surface area contributed by atoms with Crippen LogP contribution < -0.4 is 4.74 Å². The Balaban J connectivity index is 1.77. The number of rotatable bonds is 4. The highest BCUT2D eigenvalue weighted by atomic mass is 79.9. The van der Waals surface area contributed by atoms with Gasteiger partial charge in [0.05, 0.1) is 11.1 Å². The molecule has 1 aliphatic carbocycles. The maximum Gasteiger partial charge on any atom is 0.172 e. The van der Waals surface area contributed by atoms with Crippen LogP contribution in [0.25, 0.3) is 0 Å². The van der Waals surface area contributed by atoms with Crippen LogP contribution in [-0.4, -0.2) is 29.2 Å². The van der Waals surface area contributed by atoms with Crippen LogP contribution in [0.5, 0.6) is 11.5 Å². The third-order valence-corrected chi connectivity index (χ3v) is 5.49. The average Bonchev–Trinajstić information content (AvgIpc) is 2.94. The van der Waals surface area contributed by atoms with E-state index in [1.54, 1.807) is 0 Å². The molecule has 3 nitrogen and oxygen atoms in total. The number of nitrogens with zero attached hydrogens (tertiary/aromatic N) is 1. The third-order valence-electron chi connectivity index (χ3n) is 4.88. The summed E-state index contributed by atoms with van der Waals surface area (Å²) in [5.41, 5.74) is 1.22. The van der Waals surface area contributed by atoms with Gasteiger partial charge in [0.1, 0.15) is 0 Å². The van der Waals surface area contributed by atoms with E-state index in [1.807, 2.05) is 19.1 Å². The molecular formula is C17H24BrNO2. The molecular weight excluding hydrogens is 330 g/mol. The van der Waals surface area contributed by atoms with Crippen LogP contribution >= 0.6 is 15.9 Å². The minimum Gasteiger partial charge on any atom is -0.503 e. The van der Waals surface area contributed by atoms with Crippen molar-refractivity contribution in [2.75, 3.05) is 13.2 Å². The van der Waals surface area contributed by atoms with Crippen molar-refractivity contribution in [2.45, 2.75) is 51.6 Å². The first-order valence-corrected chi connectivity index (χ1v) is 8.86. The minimum atomic E-state index is 0.206. The van der Waals surface area contributed by atoms with Crippen LogP contribution in [-0.2, 0) is 6.54 Å². The number of piperidine rings is 1. The number of phenolic OH excluding ortho intramolecular Hbond substituents is 1. The van der Waals surface area contributed by atoms with E-state index in [-0.39, 0.29) is 5.75 Å². The molecule has 1 aliphatic heterocycles. The molecule has 2 atom stereocenters. The molecule has 0 radical (unpaired) electrons. The summed E-state index contributed by atoms with van der Waals surface area (Å²) in [4.78, 5) is 2.63. The Morgan fingerprint density at radius 2 is 2.10 bits per heavy atom. The molecule has 1 saturated heterocycles. The van der Waals surface area contributed by atoms with E-state index in [0.717, 1.165) is 23.0 Å². The SMILES string of the molecule is CCOc1cc(CN2CCCC3CCCC32)cc(Br)c1O. The number of halogens is 1. The van der Waals surface area contributed by atoms with Crippen molar-refractivity contribution < 1.29 is 9.84 Å². The van der Waals surface area contributed by atoms with Crippen molar-refractivity contribution >= 4 is 15.9 Å². The number of likely N-dealkylation sites (tertiary alicyclic amines) is 1. The lowest BCUT2D eigenvalue weighted by molar-refractivity contribution is 0.106. The van der Waals surface area contributed by atoms with Gasteiger partial charge in [0.25, 0.3) is 0 Å². The Morgan fingerprint density at radius 3 is 2.90 bits per heavy atom. The molecule has 116 valence electrons. The largest absolute Gasteiger partial charge is 0.503 e. The summed E-state index contributed by atoms with van der Waals surface area (Å²) in [7, 11) is 0.